The fourth-order valence-electron chi connectivity index (χ4n) is 1.13. The highest BCUT2D eigenvalue weighted by Crippen LogP contribution is 2.30. The van der Waals surface area contributed by atoms with Gasteiger partial charge in [0, 0.05) is 0 Å². The Bertz CT molecular complexity index is 433. The van der Waals surface area contributed by atoms with E-state index in [1.807, 2.05) is 19.1 Å². The van der Waals surface area contributed by atoms with Crippen LogP contribution >= 0.6 is 11.3 Å². The van der Waals surface area contributed by atoms with Crippen LogP contribution in [0, 0.1) is 6.92 Å². The van der Waals surface area contributed by atoms with Crippen LogP contribution in [0.1, 0.15) is 5.56 Å². The number of rotatable bonds is 0. The Kier molecular flexibility index (Phi) is 1.44. The molecule has 0 saturated heterocycles. The van der Waals surface area contributed by atoms with Crippen molar-refractivity contribution in [2.75, 3.05) is 11.5 Å². The molecule has 0 spiro atoms. The normalized spacial score (nSPS) is 10.8. The number of anilines is 2. The Hall–Kier alpha value is -1.29. The molecule has 2 rings (SSSR count). The highest BCUT2D eigenvalue weighted by Gasteiger charge is 2.05. The molecule has 0 amide bonds. The molecule has 4 heteroatoms. The number of fused-ring (bicyclic) bond motifs is 1. The second kappa shape index (κ2) is 2.35. The van der Waals surface area contributed by atoms with Crippen molar-refractivity contribution in [2.45, 2.75) is 6.92 Å². The molecule has 0 atom stereocenters. The van der Waals surface area contributed by atoms with Gasteiger partial charge in [-0.25, -0.2) is 4.98 Å². The molecule has 12 heavy (non-hydrogen) atoms. The molecule has 0 bridgehead atoms. The molecular weight excluding hydrogens is 170 g/mol. The van der Waals surface area contributed by atoms with E-state index in [2.05, 4.69) is 4.98 Å². The van der Waals surface area contributed by atoms with Crippen molar-refractivity contribution < 1.29 is 0 Å². The van der Waals surface area contributed by atoms with E-state index in [1.165, 1.54) is 11.3 Å². The molecular formula is C8H9N3S. The standard InChI is InChI=1S/C8H9N3S/c1-4-2-3-5-7(6(4)9)12-8(10)11-5/h2-3H,9H2,1H3,(H2,10,11). The molecule has 0 aliphatic heterocycles. The first-order chi connectivity index (χ1) is 5.68. The molecule has 2 aromatic rings. The van der Waals surface area contributed by atoms with Gasteiger partial charge in [0.15, 0.2) is 5.13 Å². The van der Waals surface area contributed by atoms with Crippen molar-refractivity contribution in [3.8, 4) is 0 Å². The van der Waals surface area contributed by atoms with E-state index in [4.69, 9.17) is 11.5 Å². The zero-order chi connectivity index (χ0) is 8.72. The van der Waals surface area contributed by atoms with E-state index in [-0.39, 0.29) is 0 Å². The van der Waals surface area contributed by atoms with Gasteiger partial charge < -0.3 is 11.5 Å². The lowest BCUT2D eigenvalue weighted by atomic mass is 10.2. The van der Waals surface area contributed by atoms with Gasteiger partial charge in [-0.05, 0) is 18.6 Å². The Labute approximate surface area is 74.0 Å². The van der Waals surface area contributed by atoms with Crippen molar-refractivity contribution in [3.05, 3.63) is 17.7 Å². The number of nitrogens with two attached hydrogens (primary N) is 2. The third-order valence-corrected chi connectivity index (χ3v) is 2.76. The second-order valence-corrected chi connectivity index (χ2v) is 3.73. The van der Waals surface area contributed by atoms with Crippen LogP contribution in [0.4, 0.5) is 10.8 Å². The summed E-state index contributed by atoms with van der Waals surface area (Å²) in [5.74, 6) is 0. The smallest absolute Gasteiger partial charge is 0.181 e. The number of hydrogen-bond donors (Lipinski definition) is 2. The number of hydrogen-bond acceptors (Lipinski definition) is 4. The Balaban J connectivity index is 2.89. The summed E-state index contributed by atoms with van der Waals surface area (Å²) in [6.07, 6.45) is 0. The summed E-state index contributed by atoms with van der Waals surface area (Å²) < 4.78 is 0.993. The largest absolute Gasteiger partial charge is 0.397 e. The summed E-state index contributed by atoms with van der Waals surface area (Å²) in [7, 11) is 0. The van der Waals surface area contributed by atoms with E-state index in [9.17, 15) is 0 Å². The van der Waals surface area contributed by atoms with Gasteiger partial charge in [0.05, 0.1) is 15.9 Å². The number of benzene rings is 1. The van der Waals surface area contributed by atoms with Gasteiger partial charge >= 0.3 is 0 Å². The third kappa shape index (κ3) is 0.921. The number of nitrogen functional groups attached to an aromatic ring is 2. The van der Waals surface area contributed by atoms with Crippen LogP contribution < -0.4 is 11.5 Å². The average Bonchev–Trinajstić information content (AvgIpc) is 2.39. The van der Waals surface area contributed by atoms with Gasteiger partial charge in [0.25, 0.3) is 0 Å². The summed E-state index contributed by atoms with van der Waals surface area (Å²) >= 11 is 1.43. The van der Waals surface area contributed by atoms with E-state index < -0.39 is 0 Å². The minimum atomic E-state index is 0.572. The van der Waals surface area contributed by atoms with E-state index >= 15 is 0 Å². The minimum Gasteiger partial charge on any atom is -0.397 e. The predicted molar refractivity (Wildman–Crippen MR) is 53.2 cm³/mol. The van der Waals surface area contributed by atoms with Crippen molar-refractivity contribution >= 4 is 32.4 Å². The van der Waals surface area contributed by atoms with E-state index in [0.717, 1.165) is 21.5 Å². The fourth-order valence-corrected chi connectivity index (χ4v) is 1.97. The predicted octanol–water partition coefficient (Wildman–Crippen LogP) is 1.77. The summed E-state index contributed by atoms with van der Waals surface area (Å²) in [6, 6.07) is 3.89. The molecule has 0 radical (unpaired) electrons. The van der Waals surface area contributed by atoms with Gasteiger partial charge in [0.1, 0.15) is 0 Å². The van der Waals surface area contributed by atoms with Crippen molar-refractivity contribution in [1.29, 1.82) is 0 Å². The first-order valence-electron chi connectivity index (χ1n) is 3.59. The summed E-state index contributed by atoms with van der Waals surface area (Å²) in [4.78, 5) is 4.13. The Morgan fingerprint density at radius 1 is 1.33 bits per heavy atom. The molecule has 4 N–H and O–H groups in total. The minimum absolute atomic E-state index is 0.572. The molecule has 0 aliphatic rings. The SMILES string of the molecule is Cc1ccc2nc(N)sc2c1N. The fraction of sp³-hybridized carbons (Fsp3) is 0.125. The second-order valence-electron chi connectivity index (χ2n) is 2.70. The monoisotopic (exact) mass is 179 g/mol. The van der Waals surface area contributed by atoms with Crippen LogP contribution in [-0.4, -0.2) is 4.98 Å². The zero-order valence-corrected chi connectivity index (χ0v) is 7.48. The van der Waals surface area contributed by atoms with Gasteiger partial charge in [-0.3, -0.25) is 0 Å². The molecule has 0 saturated carbocycles. The van der Waals surface area contributed by atoms with E-state index in [1.54, 1.807) is 0 Å². The van der Waals surface area contributed by atoms with Gasteiger partial charge in [-0.2, -0.15) is 0 Å². The van der Waals surface area contributed by atoms with Crippen LogP contribution in [0.3, 0.4) is 0 Å². The van der Waals surface area contributed by atoms with Crippen LogP contribution in [0.25, 0.3) is 10.2 Å². The maximum atomic E-state index is 5.85. The molecule has 62 valence electrons. The van der Waals surface area contributed by atoms with Gasteiger partial charge in [-0.15, -0.1) is 0 Å². The van der Waals surface area contributed by atoms with Crippen LogP contribution in [0.5, 0.6) is 0 Å². The Morgan fingerprint density at radius 3 is 2.83 bits per heavy atom. The quantitative estimate of drug-likeness (QED) is 0.606. The van der Waals surface area contributed by atoms with Crippen LogP contribution in [0.15, 0.2) is 12.1 Å². The molecule has 0 fully saturated rings. The van der Waals surface area contributed by atoms with Crippen molar-refractivity contribution in [1.82, 2.24) is 4.98 Å². The number of nitrogens with zero attached hydrogens (tertiary/aromatic N) is 1. The zero-order valence-electron chi connectivity index (χ0n) is 6.66. The summed E-state index contributed by atoms with van der Waals surface area (Å²) in [6.45, 7) is 1.98. The maximum Gasteiger partial charge on any atom is 0.181 e. The molecule has 3 nitrogen and oxygen atoms in total. The van der Waals surface area contributed by atoms with Crippen molar-refractivity contribution in [2.24, 2.45) is 0 Å². The average molecular weight is 179 g/mol. The van der Waals surface area contributed by atoms with Crippen LogP contribution in [-0.2, 0) is 0 Å². The summed E-state index contributed by atoms with van der Waals surface area (Å²) in [5.41, 5.74) is 14.2. The number of thiazole rings is 1. The topological polar surface area (TPSA) is 64.9 Å². The molecule has 1 aromatic carbocycles. The summed E-state index contributed by atoms with van der Waals surface area (Å²) in [5, 5.41) is 0.572. The van der Waals surface area contributed by atoms with Crippen molar-refractivity contribution in [3.63, 3.8) is 0 Å². The van der Waals surface area contributed by atoms with Gasteiger partial charge in [0.2, 0.25) is 0 Å². The molecule has 0 aliphatic carbocycles. The lowest BCUT2D eigenvalue weighted by Crippen LogP contribution is -1.88. The molecule has 0 unspecified atom stereocenters. The number of aryl methyl sites for hydroxylation is 1. The third-order valence-electron chi connectivity index (χ3n) is 1.83. The highest BCUT2D eigenvalue weighted by atomic mass is 32.1. The lowest BCUT2D eigenvalue weighted by Gasteiger charge is -1.97. The first-order valence-corrected chi connectivity index (χ1v) is 4.41. The number of aromatic nitrogens is 1. The molecule has 1 aromatic heterocycles. The van der Waals surface area contributed by atoms with Gasteiger partial charge in [-0.1, -0.05) is 17.4 Å². The lowest BCUT2D eigenvalue weighted by molar-refractivity contribution is 1.46. The van der Waals surface area contributed by atoms with Crippen LogP contribution in [0.2, 0.25) is 0 Å². The molecule has 1 heterocycles. The maximum absolute atomic E-state index is 5.85. The van der Waals surface area contributed by atoms with E-state index in [0.29, 0.717) is 5.13 Å². The Morgan fingerprint density at radius 2 is 2.08 bits per heavy atom. The highest BCUT2D eigenvalue weighted by molar-refractivity contribution is 7.22. The first kappa shape index (κ1) is 7.36.